The van der Waals surface area contributed by atoms with Crippen LogP contribution in [0.15, 0.2) is 17.2 Å². The van der Waals surface area contributed by atoms with E-state index in [1.54, 1.807) is 10.8 Å². The maximum Gasteiger partial charge on any atom is 0.261 e. The van der Waals surface area contributed by atoms with Crippen LogP contribution in [0.25, 0.3) is 10.9 Å². The Kier molecular flexibility index (Phi) is 7.07. The van der Waals surface area contributed by atoms with E-state index in [4.69, 9.17) is 4.98 Å². The lowest BCUT2D eigenvalue weighted by atomic mass is 9.82. The molecule has 2 aliphatic rings. The number of anilines is 1. The van der Waals surface area contributed by atoms with E-state index in [0.29, 0.717) is 42.8 Å². The van der Waals surface area contributed by atoms with E-state index in [0.717, 1.165) is 37.7 Å². The number of pyridine rings is 1. The summed E-state index contributed by atoms with van der Waals surface area (Å²) in [6.45, 7) is 4.98. The third kappa shape index (κ3) is 5.22. The first kappa shape index (κ1) is 24.1. The minimum Gasteiger partial charge on any atom is -0.393 e. The minimum atomic E-state index is -3.23. The molecule has 10 heteroatoms. The Morgan fingerprint density at radius 2 is 1.85 bits per heavy atom. The summed E-state index contributed by atoms with van der Waals surface area (Å²) in [5.74, 6) is 0.734. The van der Waals surface area contributed by atoms with E-state index in [9.17, 15) is 18.3 Å². The lowest BCUT2D eigenvalue weighted by Crippen LogP contribution is -2.40. The van der Waals surface area contributed by atoms with Gasteiger partial charge in [-0.25, -0.2) is 22.7 Å². The molecule has 1 aliphatic heterocycles. The van der Waals surface area contributed by atoms with Gasteiger partial charge >= 0.3 is 0 Å². The number of rotatable bonds is 6. The van der Waals surface area contributed by atoms with Crippen molar-refractivity contribution in [1.29, 1.82) is 0 Å². The van der Waals surface area contributed by atoms with Gasteiger partial charge in [0.25, 0.3) is 5.56 Å². The zero-order valence-electron chi connectivity index (χ0n) is 19.7. The highest BCUT2D eigenvalue weighted by molar-refractivity contribution is 7.88. The van der Waals surface area contributed by atoms with Gasteiger partial charge in [-0.15, -0.1) is 0 Å². The highest BCUT2D eigenvalue weighted by Crippen LogP contribution is 2.36. The molecule has 4 rings (SSSR count). The van der Waals surface area contributed by atoms with E-state index >= 15 is 0 Å². The van der Waals surface area contributed by atoms with Gasteiger partial charge in [-0.1, -0.05) is 6.92 Å². The van der Waals surface area contributed by atoms with Gasteiger partial charge in [-0.2, -0.15) is 0 Å². The lowest BCUT2D eigenvalue weighted by Gasteiger charge is -2.32. The molecule has 3 heterocycles. The molecule has 0 unspecified atom stereocenters. The number of nitrogens with one attached hydrogen (secondary N) is 1. The molecule has 0 amide bonds. The van der Waals surface area contributed by atoms with Crippen molar-refractivity contribution in [1.82, 2.24) is 18.8 Å². The Morgan fingerprint density at radius 1 is 1.18 bits per heavy atom. The van der Waals surface area contributed by atoms with Crippen LogP contribution in [0, 0.1) is 0 Å². The summed E-state index contributed by atoms with van der Waals surface area (Å²) >= 11 is 0. The molecule has 0 radical (unpaired) electrons. The quantitative estimate of drug-likeness (QED) is 0.657. The van der Waals surface area contributed by atoms with Crippen molar-refractivity contribution >= 4 is 26.9 Å². The molecule has 2 aromatic rings. The van der Waals surface area contributed by atoms with E-state index in [-0.39, 0.29) is 29.7 Å². The van der Waals surface area contributed by atoms with Crippen LogP contribution >= 0.6 is 0 Å². The smallest absolute Gasteiger partial charge is 0.261 e. The number of aliphatic hydroxyl groups is 1. The zero-order chi connectivity index (χ0) is 23.8. The first-order valence-corrected chi connectivity index (χ1v) is 13.8. The van der Waals surface area contributed by atoms with Crippen molar-refractivity contribution in [3.63, 3.8) is 0 Å². The second-order valence-electron chi connectivity index (χ2n) is 9.61. The van der Waals surface area contributed by atoms with Crippen LogP contribution in [0.1, 0.15) is 76.3 Å². The fraction of sp³-hybridized carbons (Fsp3) is 0.696. The number of hydrogen-bond acceptors (Lipinski definition) is 7. The van der Waals surface area contributed by atoms with Crippen molar-refractivity contribution in [2.75, 3.05) is 24.7 Å². The second-order valence-corrected chi connectivity index (χ2v) is 11.6. The average Bonchev–Trinajstić information content (AvgIpc) is 2.79. The number of nitrogens with zero attached hydrogens (tertiary/aromatic N) is 4. The fourth-order valence-electron chi connectivity index (χ4n) is 4.97. The molecule has 182 valence electrons. The van der Waals surface area contributed by atoms with E-state index in [1.807, 2.05) is 6.20 Å². The molecule has 1 saturated carbocycles. The number of aromatic nitrogens is 3. The van der Waals surface area contributed by atoms with Gasteiger partial charge in [0.05, 0.1) is 23.3 Å². The number of sulfonamides is 1. The highest BCUT2D eigenvalue weighted by atomic mass is 32.2. The van der Waals surface area contributed by atoms with Crippen molar-refractivity contribution in [3.05, 3.63) is 28.3 Å². The van der Waals surface area contributed by atoms with E-state index in [2.05, 4.69) is 24.1 Å². The Morgan fingerprint density at radius 3 is 2.45 bits per heavy atom. The maximum atomic E-state index is 13.5. The molecule has 1 saturated heterocycles. The molecular weight excluding hydrogens is 442 g/mol. The predicted octanol–water partition coefficient (Wildman–Crippen LogP) is 2.62. The SMILES string of the molecule is CC[C@H](C)Nc1ncc2c(=O)n(C3CCN(S(C)(=O)=O)CC3)cc(C3CCC(O)CC3)c2n1. The van der Waals surface area contributed by atoms with Gasteiger partial charge in [0, 0.05) is 37.6 Å². The molecule has 2 aromatic heterocycles. The monoisotopic (exact) mass is 477 g/mol. The molecule has 1 atom stereocenters. The van der Waals surface area contributed by atoms with Crippen LogP contribution < -0.4 is 10.9 Å². The zero-order valence-corrected chi connectivity index (χ0v) is 20.5. The van der Waals surface area contributed by atoms with Crippen LogP contribution in [0.3, 0.4) is 0 Å². The maximum absolute atomic E-state index is 13.5. The van der Waals surface area contributed by atoms with Crippen LogP contribution in [-0.4, -0.2) is 63.9 Å². The standard InChI is InChI=1S/C23H35N5O4S/c1-4-15(2)25-23-24-13-19-21(26-23)20(16-5-7-18(29)8-6-16)14-28(22(19)30)17-9-11-27(12-10-17)33(3,31)32/h13-18,29H,4-12H2,1-3H3,(H,24,25,26)/t15-,16?,18?/m0/s1. The third-order valence-electron chi connectivity index (χ3n) is 7.22. The molecule has 9 nitrogen and oxygen atoms in total. The largest absolute Gasteiger partial charge is 0.393 e. The van der Waals surface area contributed by atoms with Crippen molar-refractivity contribution < 1.29 is 13.5 Å². The normalized spacial score (nSPS) is 24.1. The van der Waals surface area contributed by atoms with Gasteiger partial charge < -0.3 is 15.0 Å². The molecule has 2 N–H and O–H groups in total. The first-order chi connectivity index (χ1) is 15.7. The minimum absolute atomic E-state index is 0.0641. The van der Waals surface area contributed by atoms with Crippen LogP contribution in [0.2, 0.25) is 0 Å². The van der Waals surface area contributed by atoms with E-state index < -0.39 is 10.0 Å². The molecule has 0 aromatic carbocycles. The van der Waals surface area contributed by atoms with Gasteiger partial charge in [0.1, 0.15) is 0 Å². The summed E-state index contributed by atoms with van der Waals surface area (Å²) in [4.78, 5) is 22.7. The average molecular weight is 478 g/mol. The molecule has 33 heavy (non-hydrogen) atoms. The number of aliphatic hydroxyl groups excluding tert-OH is 1. The Labute approximate surface area is 195 Å². The summed E-state index contributed by atoms with van der Waals surface area (Å²) in [6.07, 6.45) is 9.82. The predicted molar refractivity (Wildman–Crippen MR) is 129 cm³/mol. The highest BCUT2D eigenvalue weighted by Gasteiger charge is 2.29. The Balaban J connectivity index is 1.75. The summed E-state index contributed by atoms with van der Waals surface area (Å²) in [5, 5.41) is 13.8. The van der Waals surface area contributed by atoms with Crippen molar-refractivity contribution in [2.24, 2.45) is 0 Å². The fourth-order valence-corrected chi connectivity index (χ4v) is 5.84. The molecular formula is C23H35N5O4S. The van der Waals surface area contributed by atoms with E-state index in [1.165, 1.54) is 10.6 Å². The van der Waals surface area contributed by atoms with Crippen molar-refractivity contribution in [2.45, 2.75) is 82.9 Å². The van der Waals surface area contributed by atoms with Crippen LogP contribution in [-0.2, 0) is 10.0 Å². The van der Waals surface area contributed by atoms with Crippen LogP contribution in [0.4, 0.5) is 5.95 Å². The van der Waals surface area contributed by atoms with Gasteiger partial charge in [-0.3, -0.25) is 4.79 Å². The molecule has 0 spiro atoms. The molecule has 1 aliphatic carbocycles. The number of fused-ring (bicyclic) bond motifs is 1. The first-order valence-electron chi connectivity index (χ1n) is 12.0. The Bertz CT molecular complexity index is 1150. The second kappa shape index (κ2) is 9.68. The summed E-state index contributed by atoms with van der Waals surface area (Å²) in [5.41, 5.74) is 1.58. The summed E-state index contributed by atoms with van der Waals surface area (Å²) in [6, 6.07) is 0.155. The van der Waals surface area contributed by atoms with Crippen LogP contribution in [0.5, 0.6) is 0 Å². The topological polar surface area (TPSA) is 117 Å². The number of piperidine rings is 1. The Hall–Kier alpha value is -2.04. The van der Waals surface area contributed by atoms with Crippen molar-refractivity contribution in [3.8, 4) is 0 Å². The summed E-state index contributed by atoms with van der Waals surface area (Å²) < 4.78 is 27.1. The molecule has 0 bridgehead atoms. The van der Waals surface area contributed by atoms with Gasteiger partial charge in [-0.05, 0) is 63.4 Å². The summed E-state index contributed by atoms with van der Waals surface area (Å²) in [7, 11) is -3.23. The van der Waals surface area contributed by atoms with Gasteiger partial charge in [0.2, 0.25) is 16.0 Å². The third-order valence-corrected chi connectivity index (χ3v) is 8.52. The lowest BCUT2D eigenvalue weighted by molar-refractivity contribution is 0.122. The number of hydrogen-bond donors (Lipinski definition) is 2. The molecule has 2 fully saturated rings. The van der Waals surface area contributed by atoms with Gasteiger partial charge in [0.15, 0.2) is 0 Å².